The highest BCUT2D eigenvalue weighted by molar-refractivity contribution is 6.06. The van der Waals surface area contributed by atoms with Gasteiger partial charge in [0.1, 0.15) is 5.75 Å². The molecule has 0 unspecified atom stereocenters. The van der Waals surface area contributed by atoms with Gasteiger partial charge in [-0.15, -0.1) is 0 Å². The first-order valence-electron chi connectivity index (χ1n) is 8.54. The smallest absolute Gasteiger partial charge is 0.257 e. The number of ether oxygens (including phenoxy) is 2. The molecule has 1 fully saturated rings. The number of morpholine rings is 1. The Balaban J connectivity index is 1.75. The number of rotatable bonds is 5. The molecule has 2 amide bonds. The van der Waals surface area contributed by atoms with Crippen molar-refractivity contribution in [3.05, 3.63) is 53.9 Å². The number of carbonyl (C=O) groups excluding carboxylic acids is 2. The molecule has 136 valence electrons. The number of nitrogens with zero attached hydrogens (tertiary/aromatic N) is 2. The normalized spacial score (nSPS) is 14.0. The standard InChI is InChI=1S/C19H21N3O4/c1-2-26-17-6-4-3-5-16(17)21-18(23)14-11-15(13-20-12-14)19(24)22-7-9-25-10-8-22/h3-6,11-13H,2,7-10H2,1H3,(H,21,23). The number of carbonyl (C=O) groups is 2. The van der Waals surface area contributed by atoms with Crippen molar-refractivity contribution in [3.63, 3.8) is 0 Å². The van der Waals surface area contributed by atoms with Gasteiger partial charge in [0.25, 0.3) is 11.8 Å². The van der Waals surface area contributed by atoms with Crippen LogP contribution in [0.1, 0.15) is 27.6 Å². The lowest BCUT2D eigenvalue weighted by molar-refractivity contribution is 0.0302. The number of benzene rings is 1. The van der Waals surface area contributed by atoms with Crippen molar-refractivity contribution in [3.8, 4) is 5.75 Å². The van der Waals surface area contributed by atoms with E-state index in [1.54, 1.807) is 23.1 Å². The molecule has 0 aliphatic carbocycles. The third-order valence-corrected chi connectivity index (χ3v) is 3.98. The van der Waals surface area contributed by atoms with E-state index in [1.807, 2.05) is 19.1 Å². The van der Waals surface area contributed by atoms with E-state index in [0.29, 0.717) is 55.5 Å². The van der Waals surface area contributed by atoms with Crippen LogP contribution in [-0.4, -0.2) is 54.6 Å². The Kier molecular flexibility index (Phi) is 5.80. The minimum atomic E-state index is -0.346. The Morgan fingerprint density at radius 1 is 1.19 bits per heavy atom. The second kappa shape index (κ2) is 8.44. The predicted molar refractivity (Wildman–Crippen MR) is 96.5 cm³/mol. The molecule has 0 atom stereocenters. The molecular weight excluding hydrogens is 334 g/mol. The molecule has 2 heterocycles. The number of pyridine rings is 1. The van der Waals surface area contributed by atoms with E-state index in [0.717, 1.165) is 0 Å². The van der Waals surface area contributed by atoms with E-state index in [2.05, 4.69) is 10.3 Å². The summed E-state index contributed by atoms with van der Waals surface area (Å²) < 4.78 is 10.8. The first kappa shape index (κ1) is 17.9. The van der Waals surface area contributed by atoms with Gasteiger partial charge in [-0.1, -0.05) is 12.1 Å². The molecule has 1 N–H and O–H groups in total. The maximum Gasteiger partial charge on any atom is 0.257 e. The summed E-state index contributed by atoms with van der Waals surface area (Å²) in [6.45, 7) is 4.50. The Bertz CT molecular complexity index is 788. The molecule has 0 radical (unpaired) electrons. The minimum Gasteiger partial charge on any atom is -0.492 e. The highest BCUT2D eigenvalue weighted by Crippen LogP contribution is 2.24. The monoisotopic (exact) mass is 355 g/mol. The van der Waals surface area contributed by atoms with Gasteiger partial charge < -0.3 is 19.7 Å². The molecule has 0 saturated carbocycles. The molecule has 1 aromatic heterocycles. The van der Waals surface area contributed by atoms with Crippen LogP contribution in [0.5, 0.6) is 5.75 Å². The van der Waals surface area contributed by atoms with Crippen molar-refractivity contribution in [1.82, 2.24) is 9.88 Å². The summed E-state index contributed by atoms with van der Waals surface area (Å²) in [7, 11) is 0. The van der Waals surface area contributed by atoms with Crippen molar-refractivity contribution in [2.45, 2.75) is 6.92 Å². The van der Waals surface area contributed by atoms with Crippen LogP contribution in [0, 0.1) is 0 Å². The lowest BCUT2D eigenvalue weighted by Crippen LogP contribution is -2.40. The summed E-state index contributed by atoms with van der Waals surface area (Å²) in [5, 5.41) is 2.81. The molecular formula is C19H21N3O4. The number of para-hydroxylation sites is 2. The number of hydrogen-bond acceptors (Lipinski definition) is 5. The fraction of sp³-hybridized carbons (Fsp3) is 0.316. The van der Waals surface area contributed by atoms with Gasteiger partial charge in [0.05, 0.1) is 36.6 Å². The zero-order valence-electron chi connectivity index (χ0n) is 14.6. The summed E-state index contributed by atoms with van der Waals surface area (Å²) in [5.74, 6) is 0.100. The van der Waals surface area contributed by atoms with Crippen LogP contribution >= 0.6 is 0 Å². The largest absolute Gasteiger partial charge is 0.492 e. The summed E-state index contributed by atoms with van der Waals surface area (Å²) in [6.07, 6.45) is 2.91. The Morgan fingerprint density at radius 2 is 1.92 bits per heavy atom. The average Bonchev–Trinajstić information content (AvgIpc) is 2.70. The number of anilines is 1. The van der Waals surface area contributed by atoms with Crippen LogP contribution in [-0.2, 0) is 4.74 Å². The number of amides is 2. The lowest BCUT2D eigenvalue weighted by atomic mass is 10.1. The molecule has 0 bridgehead atoms. The van der Waals surface area contributed by atoms with E-state index in [-0.39, 0.29) is 11.8 Å². The van der Waals surface area contributed by atoms with Crippen LogP contribution in [0.4, 0.5) is 5.69 Å². The van der Waals surface area contributed by atoms with E-state index < -0.39 is 0 Å². The molecule has 2 aromatic rings. The SMILES string of the molecule is CCOc1ccccc1NC(=O)c1cncc(C(=O)N2CCOCC2)c1. The third-order valence-electron chi connectivity index (χ3n) is 3.98. The van der Waals surface area contributed by atoms with Crippen LogP contribution < -0.4 is 10.1 Å². The second-order valence-electron chi connectivity index (χ2n) is 5.75. The van der Waals surface area contributed by atoms with Crippen LogP contribution in [0.15, 0.2) is 42.7 Å². The maximum absolute atomic E-state index is 12.6. The fourth-order valence-electron chi connectivity index (χ4n) is 2.68. The Labute approximate surface area is 151 Å². The summed E-state index contributed by atoms with van der Waals surface area (Å²) >= 11 is 0. The molecule has 1 saturated heterocycles. The molecule has 0 spiro atoms. The van der Waals surface area contributed by atoms with E-state index in [9.17, 15) is 9.59 Å². The Hall–Kier alpha value is -2.93. The topological polar surface area (TPSA) is 80.8 Å². The average molecular weight is 355 g/mol. The van der Waals surface area contributed by atoms with Gasteiger partial charge >= 0.3 is 0 Å². The number of nitrogens with one attached hydrogen (secondary N) is 1. The zero-order valence-corrected chi connectivity index (χ0v) is 14.6. The molecule has 1 aliphatic heterocycles. The third kappa shape index (κ3) is 4.18. The zero-order chi connectivity index (χ0) is 18.4. The highest BCUT2D eigenvalue weighted by atomic mass is 16.5. The first-order valence-corrected chi connectivity index (χ1v) is 8.54. The highest BCUT2D eigenvalue weighted by Gasteiger charge is 2.20. The van der Waals surface area contributed by atoms with Gasteiger partial charge in [-0.2, -0.15) is 0 Å². The lowest BCUT2D eigenvalue weighted by Gasteiger charge is -2.26. The van der Waals surface area contributed by atoms with Gasteiger partial charge in [-0.05, 0) is 25.1 Å². The van der Waals surface area contributed by atoms with Crippen molar-refractivity contribution in [2.24, 2.45) is 0 Å². The van der Waals surface area contributed by atoms with Crippen molar-refractivity contribution in [2.75, 3.05) is 38.2 Å². The van der Waals surface area contributed by atoms with E-state index in [4.69, 9.17) is 9.47 Å². The maximum atomic E-state index is 12.6. The molecule has 1 aromatic carbocycles. The van der Waals surface area contributed by atoms with Gasteiger partial charge in [-0.3, -0.25) is 14.6 Å². The predicted octanol–water partition coefficient (Wildman–Crippen LogP) is 2.21. The van der Waals surface area contributed by atoms with Gasteiger partial charge in [0.15, 0.2) is 0 Å². The first-order chi connectivity index (χ1) is 12.7. The van der Waals surface area contributed by atoms with E-state index in [1.165, 1.54) is 12.4 Å². The second-order valence-corrected chi connectivity index (χ2v) is 5.75. The van der Waals surface area contributed by atoms with Crippen LogP contribution in [0.3, 0.4) is 0 Å². The molecule has 7 nitrogen and oxygen atoms in total. The molecule has 1 aliphatic rings. The summed E-state index contributed by atoms with van der Waals surface area (Å²) in [5.41, 5.74) is 1.28. The molecule has 26 heavy (non-hydrogen) atoms. The van der Waals surface area contributed by atoms with Crippen molar-refractivity contribution < 1.29 is 19.1 Å². The van der Waals surface area contributed by atoms with E-state index >= 15 is 0 Å². The minimum absolute atomic E-state index is 0.148. The van der Waals surface area contributed by atoms with Crippen molar-refractivity contribution >= 4 is 17.5 Å². The Morgan fingerprint density at radius 3 is 2.69 bits per heavy atom. The van der Waals surface area contributed by atoms with Crippen LogP contribution in [0.2, 0.25) is 0 Å². The number of aromatic nitrogens is 1. The number of hydrogen-bond donors (Lipinski definition) is 1. The summed E-state index contributed by atoms with van der Waals surface area (Å²) in [4.78, 5) is 30.9. The quantitative estimate of drug-likeness (QED) is 0.889. The summed E-state index contributed by atoms with van der Waals surface area (Å²) in [6, 6.07) is 8.76. The molecule has 3 rings (SSSR count). The van der Waals surface area contributed by atoms with Gasteiger partial charge in [-0.25, -0.2) is 0 Å². The van der Waals surface area contributed by atoms with Crippen molar-refractivity contribution in [1.29, 1.82) is 0 Å². The fourth-order valence-corrected chi connectivity index (χ4v) is 2.68. The van der Waals surface area contributed by atoms with Crippen LogP contribution in [0.25, 0.3) is 0 Å². The molecule has 7 heteroatoms. The van der Waals surface area contributed by atoms with Gasteiger partial charge in [0, 0.05) is 25.5 Å². The van der Waals surface area contributed by atoms with Gasteiger partial charge in [0.2, 0.25) is 0 Å².